The molecule has 4 rings (SSSR count). The second-order valence-electron chi connectivity index (χ2n) is 5.87. The Morgan fingerprint density at radius 1 is 1.08 bits per heavy atom. The van der Waals surface area contributed by atoms with Crippen molar-refractivity contribution in [1.82, 2.24) is 4.90 Å². The summed E-state index contributed by atoms with van der Waals surface area (Å²) in [5.74, 6) is -0.509. The molecule has 0 radical (unpaired) electrons. The van der Waals surface area contributed by atoms with Crippen molar-refractivity contribution in [3.63, 3.8) is 0 Å². The smallest absolute Gasteiger partial charge is 0.254 e. The number of halogens is 1. The number of rotatable bonds is 2. The van der Waals surface area contributed by atoms with Crippen molar-refractivity contribution in [2.24, 2.45) is 0 Å². The average molecular weight is 337 g/mol. The fourth-order valence-electron chi connectivity index (χ4n) is 3.32. The van der Waals surface area contributed by atoms with E-state index in [0.717, 1.165) is 12.0 Å². The van der Waals surface area contributed by atoms with Crippen LogP contribution >= 0.6 is 11.3 Å². The highest BCUT2D eigenvalue weighted by Crippen LogP contribution is 2.38. The van der Waals surface area contributed by atoms with E-state index in [9.17, 15) is 9.18 Å². The van der Waals surface area contributed by atoms with Gasteiger partial charge < -0.3 is 4.90 Å². The minimum Gasteiger partial charge on any atom is -0.327 e. The van der Waals surface area contributed by atoms with E-state index in [1.54, 1.807) is 23.5 Å². The van der Waals surface area contributed by atoms with E-state index in [1.807, 2.05) is 35.2 Å². The number of hydrogen-bond acceptors (Lipinski definition) is 2. The van der Waals surface area contributed by atoms with E-state index >= 15 is 0 Å². The maximum atomic E-state index is 13.5. The summed E-state index contributed by atoms with van der Waals surface area (Å²) >= 11 is 1.74. The van der Waals surface area contributed by atoms with E-state index in [0.29, 0.717) is 12.1 Å². The molecular weight excluding hydrogens is 321 g/mol. The molecule has 0 saturated heterocycles. The zero-order valence-electron chi connectivity index (χ0n) is 13.0. The maximum Gasteiger partial charge on any atom is 0.254 e. The van der Waals surface area contributed by atoms with Crippen molar-refractivity contribution in [1.29, 1.82) is 0 Å². The van der Waals surface area contributed by atoms with Gasteiger partial charge in [0.05, 0.1) is 6.04 Å². The molecule has 0 unspecified atom stereocenters. The Labute approximate surface area is 144 Å². The van der Waals surface area contributed by atoms with Gasteiger partial charge >= 0.3 is 0 Å². The molecule has 0 saturated carbocycles. The molecule has 0 N–H and O–H groups in total. The van der Waals surface area contributed by atoms with Gasteiger partial charge in [-0.1, -0.05) is 36.4 Å². The third kappa shape index (κ3) is 2.63. The largest absolute Gasteiger partial charge is 0.327 e. The van der Waals surface area contributed by atoms with Gasteiger partial charge in [-0.2, -0.15) is 0 Å². The Bertz CT molecular complexity index is 874. The van der Waals surface area contributed by atoms with Crippen molar-refractivity contribution < 1.29 is 9.18 Å². The summed E-state index contributed by atoms with van der Waals surface area (Å²) in [6, 6.07) is 18.0. The molecule has 2 heterocycles. The Hall–Kier alpha value is -2.46. The number of nitrogens with zero attached hydrogens (tertiary/aromatic N) is 1. The molecule has 3 aromatic rings. The van der Waals surface area contributed by atoms with E-state index in [4.69, 9.17) is 0 Å². The van der Waals surface area contributed by atoms with Crippen LogP contribution in [0.15, 0.2) is 66.0 Å². The molecule has 0 bridgehead atoms. The first-order valence-corrected chi connectivity index (χ1v) is 8.80. The van der Waals surface area contributed by atoms with Crippen LogP contribution in [-0.2, 0) is 6.42 Å². The topological polar surface area (TPSA) is 20.3 Å². The first kappa shape index (κ1) is 15.1. The van der Waals surface area contributed by atoms with E-state index < -0.39 is 0 Å². The summed E-state index contributed by atoms with van der Waals surface area (Å²) in [4.78, 5) is 16.2. The number of benzene rings is 2. The molecular formula is C20H16FNOS. The van der Waals surface area contributed by atoms with Crippen molar-refractivity contribution in [3.8, 4) is 0 Å². The van der Waals surface area contributed by atoms with Crippen LogP contribution in [0.1, 0.15) is 32.4 Å². The predicted octanol–water partition coefficient (Wildman–Crippen LogP) is 4.68. The molecule has 2 nitrogen and oxygen atoms in total. The number of carbonyl (C=O) groups excluding carboxylic acids is 1. The van der Waals surface area contributed by atoms with Crippen LogP contribution in [0.2, 0.25) is 0 Å². The van der Waals surface area contributed by atoms with Crippen LogP contribution in [-0.4, -0.2) is 17.4 Å². The molecule has 2 aromatic carbocycles. The number of carbonyl (C=O) groups is 1. The van der Waals surface area contributed by atoms with Crippen LogP contribution in [0.3, 0.4) is 0 Å². The zero-order chi connectivity index (χ0) is 16.5. The average Bonchev–Trinajstić information content (AvgIpc) is 3.09. The Morgan fingerprint density at radius 2 is 1.92 bits per heavy atom. The summed E-state index contributed by atoms with van der Waals surface area (Å²) in [7, 11) is 0. The van der Waals surface area contributed by atoms with Gasteiger partial charge in [-0.15, -0.1) is 11.3 Å². The second kappa shape index (κ2) is 6.21. The van der Waals surface area contributed by atoms with Gasteiger partial charge in [0, 0.05) is 17.0 Å². The third-order valence-corrected chi connectivity index (χ3v) is 5.41. The molecule has 0 aliphatic carbocycles. The molecule has 1 aliphatic rings. The quantitative estimate of drug-likeness (QED) is 0.665. The second-order valence-corrected chi connectivity index (χ2v) is 6.87. The monoisotopic (exact) mass is 337 g/mol. The highest BCUT2D eigenvalue weighted by Gasteiger charge is 2.33. The summed E-state index contributed by atoms with van der Waals surface area (Å²) in [5.41, 5.74) is 2.67. The van der Waals surface area contributed by atoms with Gasteiger partial charge in [0.1, 0.15) is 5.82 Å². The highest BCUT2D eigenvalue weighted by molar-refractivity contribution is 7.10. The SMILES string of the molecule is O=C(c1cccc(F)c1)N1CCc2sccc2[C@H]1c1ccccc1. The summed E-state index contributed by atoms with van der Waals surface area (Å²) < 4.78 is 13.5. The van der Waals surface area contributed by atoms with E-state index in [-0.39, 0.29) is 17.8 Å². The third-order valence-electron chi connectivity index (χ3n) is 4.41. The molecule has 0 fully saturated rings. The van der Waals surface area contributed by atoms with Crippen molar-refractivity contribution >= 4 is 17.2 Å². The lowest BCUT2D eigenvalue weighted by Gasteiger charge is -2.36. The van der Waals surface area contributed by atoms with Gasteiger partial charge in [-0.05, 0) is 47.2 Å². The lowest BCUT2D eigenvalue weighted by molar-refractivity contribution is 0.0695. The minimum absolute atomic E-state index is 0.114. The van der Waals surface area contributed by atoms with E-state index in [2.05, 4.69) is 11.4 Å². The fraction of sp³-hybridized carbons (Fsp3) is 0.150. The van der Waals surface area contributed by atoms with Gasteiger partial charge in [0.2, 0.25) is 0 Å². The molecule has 4 heteroatoms. The molecule has 1 atom stereocenters. The summed E-state index contributed by atoms with van der Waals surface area (Å²) in [6.07, 6.45) is 0.845. The Morgan fingerprint density at radius 3 is 2.71 bits per heavy atom. The van der Waals surface area contributed by atoms with Crippen molar-refractivity contribution in [2.75, 3.05) is 6.54 Å². The number of amides is 1. The molecule has 120 valence electrons. The first-order chi connectivity index (χ1) is 11.7. The van der Waals surface area contributed by atoms with Gasteiger partial charge in [0.15, 0.2) is 0 Å². The molecule has 0 spiro atoms. The minimum atomic E-state index is -0.384. The Kier molecular flexibility index (Phi) is 3.90. The van der Waals surface area contributed by atoms with Crippen LogP contribution in [0, 0.1) is 5.82 Å². The molecule has 1 amide bonds. The van der Waals surface area contributed by atoms with Crippen LogP contribution < -0.4 is 0 Å². The van der Waals surface area contributed by atoms with Crippen LogP contribution in [0.5, 0.6) is 0 Å². The van der Waals surface area contributed by atoms with Gasteiger partial charge in [-0.3, -0.25) is 4.79 Å². The molecule has 1 aromatic heterocycles. The van der Waals surface area contributed by atoms with E-state index in [1.165, 1.54) is 22.6 Å². The summed E-state index contributed by atoms with van der Waals surface area (Å²) in [5, 5.41) is 2.08. The number of thiophene rings is 1. The van der Waals surface area contributed by atoms with Gasteiger partial charge in [-0.25, -0.2) is 4.39 Å². The summed E-state index contributed by atoms with van der Waals surface area (Å²) in [6.45, 7) is 0.641. The van der Waals surface area contributed by atoms with Crippen molar-refractivity contribution in [2.45, 2.75) is 12.5 Å². The number of fused-ring (bicyclic) bond motifs is 1. The zero-order valence-corrected chi connectivity index (χ0v) is 13.8. The molecule has 24 heavy (non-hydrogen) atoms. The maximum absolute atomic E-state index is 13.5. The normalized spacial score (nSPS) is 16.7. The lowest BCUT2D eigenvalue weighted by Crippen LogP contribution is -2.40. The van der Waals surface area contributed by atoms with Crippen LogP contribution in [0.25, 0.3) is 0 Å². The number of hydrogen-bond donors (Lipinski definition) is 0. The van der Waals surface area contributed by atoms with Crippen molar-refractivity contribution in [3.05, 3.63) is 93.4 Å². The first-order valence-electron chi connectivity index (χ1n) is 7.92. The fourth-order valence-corrected chi connectivity index (χ4v) is 4.22. The molecule has 1 aliphatic heterocycles. The standard InChI is InChI=1S/C20H16FNOS/c21-16-8-4-7-15(13-16)20(23)22-11-9-18-17(10-12-24-18)19(22)14-5-2-1-3-6-14/h1-8,10,12-13,19H,9,11H2/t19-/m1/s1. The lowest BCUT2D eigenvalue weighted by atomic mass is 9.92. The predicted molar refractivity (Wildman–Crippen MR) is 93.7 cm³/mol. The Balaban J connectivity index is 1.78. The van der Waals surface area contributed by atoms with Crippen LogP contribution in [0.4, 0.5) is 4.39 Å². The highest BCUT2D eigenvalue weighted by atomic mass is 32.1. The van der Waals surface area contributed by atoms with Gasteiger partial charge in [0.25, 0.3) is 5.91 Å².